The number of pyridine rings is 1. The van der Waals surface area contributed by atoms with Crippen LogP contribution in [0.5, 0.6) is 0 Å². The van der Waals surface area contributed by atoms with E-state index in [9.17, 15) is 4.79 Å². The number of benzene rings is 1. The Balaban J connectivity index is 1.63. The van der Waals surface area contributed by atoms with Crippen LogP contribution in [-0.4, -0.2) is 17.9 Å². The second-order valence-corrected chi connectivity index (χ2v) is 5.18. The monoisotopic (exact) mass is 307 g/mol. The van der Waals surface area contributed by atoms with Crippen molar-refractivity contribution in [1.29, 1.82) is 0 Å². The van der Waals surface area contributed by atoms with Crippen molar-refractivity contribution in [3.8, 4) is 0 Å². The molecular formula is C18H17N3O2. The van der Waals surface area contributed by atoms with Crippen molar-refractivity contribution in [2.45, 2.75) is 6.54 Å². The summed E-state index contributed by atoms with van der Waals surface area (Å²) in [6.07, 6.45) is 3.10. The number of hydrogen-bond donors (Lipinski definition) is 1. The normalized spacial score (nSPS) is 10.3. The number of nitrogens with one attached hydrogen (secondary N) is 1. The molecule has 2 aromatic heterocycles. The molecule has 0 aliphatic carbocycles. The molecule has 2 heterocycles. The lowest BCUT2D eigenvalue weighted by Gasteiger charge is -2.18. The molecule has 0 saturated carbocycles. The molecule has 0 bridgehead atoms. The van der Waals surface area contributed by atoms with Crippen LogP contribution >= 0.6 is 0 Å². The smallest absolute Gasteiger partial charge is 0.291 e. The maximum atomic E-state index is 11.9. The molecule has 0 unspecified atom stereocenters. The second kappa shape index (κ2) is 6.79. The van der Waals surface area contributed by atoms with Gasteiger partial charge in [-0.25, -0.2) is 4.98 Å². The van der Waals surface area contributed by atoms with Crippen LogP contribution in [0.3, 0.4) is 0 Å². The second-order valence-electron chi connectivity index (χ2n) is 5.18. The van der Waals surface area contributed by atoms with Gasteiger partial charge in [0.2, 0.25) is 0 Å². The van der Waals surface area contributed by atoms with Crippen molar-refractivity contribution < 1.29 is 9.21 Å². The van der Waals surface area contributed by atoms with Gasteiger partial charge in [-0.2, -0.15) is 0 Å². The van der Waals surface area contributed by atoms with Crippen LogP contribution in [0.2, 0.25) is 0 Å². The van der Waals surface area contributed by atoms with Crippen molar-refractivity contribution in [2.24, 2.45) is 0 Å². The highest BCUT2D eigenvalue weighted by atomic mass is 16.3. The number of anilines is 2. The zero-order chi connectivity index (χ0) is 16.1. The maximum absolute atomic E-state index is 11.9. The van der Waals surface area contributed by atoms with Gasteiger partial charge >= 0.3 is 0 Å². The lowest BCUT2D eigenvalue weighted by atomic mass is 10.2. The first kappa shape index (κ1) is 14.8. The van der Waals surface area contributed by atoms with Gasteiger partial charge in [-0.05, 0) is 29.8 Å². The summed E-state index contributed by atoms with van der Waals surface area (Å²) < 4.78 is 5.06. The van der Waals surface area contributed by atoms with Gasteiger partial charge < -0.3 is 14.6 Å². The molecule has 0 fully saturated rings. The molecule has 0 aliphatic heterocycles. The summed E-state index contributed by atoms with van der Waals surface area (Å²) >= 11 is 0. The summed E-state index contributed by atoms with van der Waals surface area (Å²) in [7, 11) is 1.98. The van der Waals surface area contributed by atoms with Crippen LogP contribution in [0.4, 0.5) is 11.5 Å². The zero-order valence-electron chi connectivity index (χ0n) is 12.8. The van der Waals surface area contributed by atoms with Gasteiger partial charge in [0, 0.05) is 13.6 Å². The number of amides is 1. The summed E-state index contributed by atoms with van der Waals surface area (Å²) in [5.74, 6) is 0.822. The third kappa shape index (κ3) is 3.77. The van der Waals surface area contributed by atoms with Crippen LogP contribution in [0.25, 0.3) is 0 Å². The van der Waals surface area contributed by atoms with Gasteiger partial charge in [0.05, 0.1) is 18.1 Å². The topological polar surface area (TPSA) is 58.4 Å². The van der Waals surface area contributed by atoms with Crippen molar-refractivity contribution in [3.05, 3.63) is 78.4 Å². The molecule has 23 heavy (non-hydrogen) atoms. The highest BCUT2D eigenvalue weighted by Crippen LogP contribution is 2.16. The van der Waals surface area contributed by atoms with E-state index in [1.807, 2.05) is 42.3 Å². The Hall–Kier alpha value is -3.08. The van der Waals surface area contributed by atoms with Gasteiger partial charge in [-0.3, -0.25) is 4.79 Å². The molecule has 0 saturated heterocycles. The maximum Gasteiger partial charge on any atom is 0.291 e. The van der Waals surface area contributed by atoms with Crippen LogP contribution in [0.1, 0.15) is 16.1 Å². The highest BCUT2D eigenvalue weighted by Gasteiger charge is 2.09. The lowest BCUT2D eigenvalue weighted by molar-refractivity contribution is 0.0996. The quantitative estimate of drug-likeness (QED) is 0.783. The first-order valence-electron chi connectivity index (χ1n) is 7.28. The summed E-state index contributed by atoms with van der Waals surface area (Å²) in [6, 6.07) is 17.2. The van der Waals surface area contributed by atoms with Gasteiger partial charge in [-0.15, -0.1) is 0 Å². The van der Waals surface area contributed by atoms with Crippen LogP contribution in [-0.2, 0) is 6.54 Å². The van der Waals surface area contributed by atoms with Crippen molar-refractivity contribution in [1.82, 2.24) is 4.98 Å². The molecular weight excluding hydrogens is 290 g/mol. The Bertz CT molecular complexity index is 753. The molecule has 0 atom stereocenters. The van der Waals surface area contributed by atoms with Crippen molar-refractivity contribution >= 4 is 17.4 Å². The van der Waals surface area contributed by atoms with Crippen LogP contribution in [0, 0.1) is 0 Å². The van der Waals surface area contributed by atoms with Crippen molar-refractivity contribution in [2.75, 3.05) is 17.3 Å². The van der Waals surface area contributed by atoms with E-state index in [2.05, 4.69) is 22.4 Å². The third-order valence-electron chi connectivity index (χ3n) is 3.40. The molecule has 5 nitrogen and oxygen atoms in total. The average molecular weight is 307 g/mol. The number of furan rings is 1. The average Bonchev–Trinajstić information content (AvgIpc) is 3.11. The summed E-state index contributed by atoms with van der Waals surface area (Å²) in [5.41, 5.74) is 1.84. The molecule has 0 aliphatic rings. The Morgan fingerprint density at radius 3 is 2.61 bits per heavy atom. The molecule has 0 spiro atoms. The van der Waals surface area contributed by atoms with Crippen LogP contribution in [0.15, 0.2) is 71.5 Å². The molecule has 1 aromatic carbocycles. The van der Waals surface area contributed by atoms with E-state index in [-0.39, 0.29) is 11.7 Å². The Morgan fingerprint density at radius 2 is 1.96 bits per heavy atom. The van der Waals surface area contributed by atoms with E-state index in [0.29, 0.717) is 5.69 Å². The minimum atomic E-state index is -0.290. The van der Waals surface area contributed by atoms with E-state index < -0.39 is 0 Å². The minimum Gasteiger partial charge on any atom is -0.459 e. The highest BCUT2D eigenvalue weighted by molar-refractivity contribution is 6.02. The van der Waals surface area contributed by atoms with E-state index >= 15 is 0 Å². The largest absolute Gasteiger partial charge is 0.459 e. The molecule has 116 valence electrons. The zero-order valence-corrected chi connectivity index (χ0v) is 12.8. The van der Waals surface area contributed by atoms with Crippen molar-refractivity contribution in [3.63, 3.8) is 0 Å². The molecule has 1 amide bonds. The van der Waals surface area contributed by atoms with E-state index in [1.54, 1.807) is 18.3 Å². The van der Waals surface area contributed by atoms with Gasteiger partial charge in [0.1, 0.15) is 5.82 Å². The fourth-order valence-corrected chi connectivity index (χ4v) is 2.22. The predicted octanol–water partition coefficient (Wildman–Crippen LogP) is 3.56. The molecule has 0 radical (unpaired) electrons. The fraction of sp³-hybridized carbons (Fsp3) is 0.111. The van der Waals surface area contributed by atoms with E-state index in [0.717, 1.165) is 12.4 Å². The molecule has 5 heteroatoms. The number of carbonyl (C=O) groups is 1. The number of carbonyl (C=O) groups excluding carboxylic acids is 1. The van der Waals surface area contributed by atoms with Crippen LogP contribution < -0.4 is 10.2 Å². The predicted molar refractivity (Wildman–Crippen MR) is 89.4 cm³/mol. The first-order chi connectivity index (χ1) is 11.2. The van der Waals surface area contributed by atoms with Gasteiger partial charge in [0.15, 0.2) is 5.76 Å². The summed E-state index contributed by atoms with van der Waals surface area (Å²) in [5, 5.41) is 2.75. The summed E-state index contributed by atoms with van der Waals surface area (Å²) in [4.78, 5) is 18.3. The molecule has 3 aromatic rings. The first-order valence-corrected chi connectivity index (χ1v) is 7.28. The fourth-order valence-electron chi connectivity index (χ4n) is 2.22. The third-order valence-corrected chi connectivity index (χ3v) is 3.40. The number of hydrogen-bond acceptors (Lipinski definition) is 4. The van der Waals surface area contributed by atoms with Gasteiger partial charge in [0.25, 0.3) is 5.91 Å². The molecule has 3 rings (SSSR count). The van der Waals surface area contributed by atoms with E-state index in [1.165, 1.54) is 11.8 Å². The Morgan fingerprint density at radius 1 is 1.13 bits per heavy atom. The standard InChI is InChI=1S/C18H17N3O2/c1-21(13-14-6-3-2-4-7-14)17-10-9-15(12-19-17)20-18(22)16-8-5-11-23-16/h2-12H,13H2,1H3,(H,20,22). The van der Waals surface area contributed by atoms with Gasteiger partial charge in [-0.1, -0.05) is 30.3 Å². The Labute approximate surface area is 134 Å². The Kier molecular flexibility index (Phi) is 4.38. The molecule has 1 N–H and O–H groups in total. The minimum absolute atomic E-state index is 0.273. The number of aromatic nitrogens is 1. The SMILES string of the molecule is CN(Cc1ccccc1)c1ccc(NC(=O)c2ccco2)cn1. The lowest BCUT2D eigenvalue weighted by Crippen LogP contribution is -2.18. The van der Waals surface area contributed by atoms with E-state index in [4.69, 9.17) is 4.42 Å². The number of nitrogens with zero attached hydrogens (tertiary/aromatic N) is 2. The number of rotatable bonds is 5. The summed E-state index contributed by atoms with van der Waals surface area (Å²) in [6.45, 7) is 0.770.